The first-order valence-corrected chi connectivity index (χ1v) is 15.9. The summed E-state index contributed by atoms with van der Waals surface area (Å²) in [6, 6.07) is 20.3. The van der Waals surface area contributed by atoms with Crippen LogP contribution in [-0.2, 0) is 6.54 Å². The molecule has 0 radical (unpaired) electrons. The van der Waals surface area contributed by atoms with E-state index in [2.05, 4.69) is 54.0 Å². The molecular weight excluding hydrogens is 627 g/mol. The van der Waals surface area contributed by atoms with Crippen LogP contribution >= 0.6 is 0 Å². The first-order valence-electron chi connectivity index (χ1n) is 15.9. The number of benzene rings is 2. The van der Waals surface area contributed by atoms with Crippen molar-refractivity contribution in [2.75, 3.05) is 53.0 Å². The van der Waals surface area contributed by atoms with Crippen molar-refractivity contribution in [1.29, 1.82) is 0 Å². The average Bonchev–Trinajstić information content (AvgIpc) is 3.64. The summed E-state index contributed by atoms with van der Waals surface area (Å²) in [5, 5.41) is 0. The largest absolute Gasteiger partial charge is 0.481 e. The fourth-order valence-corrected chi connectivity index (χ4v) is 6.74. The molecule has 0 spiro atoms. The van der Waals surface area contributed by atoms with Crippen molar-refractivity contribution >= 4 is 5.91 Å². The Morgan fingerprint density at radius 3 is 2.25 bits per heavy atom. The fourth-order valence-electron chi connectivity index (χ4n) is 6.74. The number of amides is 1. The van der Waals surface area contributed by atoms with Crippen molar-refractivity contribution in [3.8, 4) is 17.8 Å². The van der Waals surface area contributed by atoms with Gasteiger partial charge in [-0.3, -0.25) is 14.6 Å². The molecule has 1 amide bonds. The van der Waals surface area contributed by atoms with Crippen molar-refractivity contribution in [2.45, 2.75) is 37.6 Å². The quantitative estimate of drug-likeness (QED) is 0.250. The summed E-state index contributed by atoms with van der Waals surface area (Å²) in [4.78, 5) is 35.3. The summed E-state index contributed by atoms with van der Waals surface area (Å²) >= 11 is 0. The van der Waals surface area contributed by atoms with Crippen LogP contribution in [0.5, 0.6) is 17.8 Å². The molecule has 14 heteroatoms. The number of H-pyrrole nitrogens is 1. The minimum atomic E-state index is -4.58. The highest BCUT2D eigenvalue weighted by molar-refractivity contribution is 5.92. The SMILES string of the molecule is CCOc1nc(OC)c(CN2CC(C(c3ccccc3)c3ccccc3)N3CCN(C(=O)c4cnc[nH]4)C[C@H]3C2)c(OCC(F)(F)F)n1. The minimum Gasteiger partial charge on any atom is -0.481 e. The molecule has 2 saturated heterocycles. The van der Waals surface area contributed by atoms with Crippen LogP contribution in [0.2, 0.25) is 0 Å². The zero-order valence-electron chi connectivity index (χ0n) is 26.8. The van der Waals surface area contributed by atoms with E-state index in [9.17, 15) is 18.0 Å². The molecule has 48 heavy (non-hydrogen) atoms. The van der Waals surface area contributed by atoms with Crippen molar-refractivity contribution in [3.63, 3.8) is 0 Å². The topological polar surface area (TPSA) is 109 Å². The number of rotatable bonds is 11. The van der Waals surface area contributed by atoms with Gasteiger partial charge < -0.3 is 24.1 Å². The molecule has 2 aliphatic heterocycles. The molecule has 1 unspecified atom stereocenters. The third kappa shape index (κ3) is 7.55. The molecule has 0 bridgehead atoms. The zero-order valence-corrected chi connectivity index (χ0v) is 26.8. The summed E-state index contributed by atoms with van der Waals surface area (Å²) in [5.41, 5.74) is 2.99. The Labute approximate surface area is 276 Å². The summed E-state index contributed by atoms with van der Waals surface area (Å²) in [6.45, 7) is 3.28. The van der Waals surface area contributed by atoms with Crippen molar-refractivity contribution in [1.82, 2.24) is 34.6 Å². The molecule has 11 nitrogen and oxygen atoms in total. The lowest BCUT2D eigenvalue weighted by Gasteiger charge is -2.53. The highest BCUT2D eigenvalue weighted by atomic mass is 19.4. The standard InChI is InChI=1S/C34H38F3N7O4/c1-3-47-33-40-30(46-2)26(31(41-33)48-21-34(35,36)37)19-42-17-25-18-43(32(45)27-16-38-22-39-27)14-15-44(25)28(20-42)29(23-10-6-4-7-11-23)24-12-8-5-9-13-24/h4-13,16,22,25,28-29H,3,14-15,17-21H2,1-2H3,(H,38,39)/t25-,28?/m1/s1. The summed E-state index contributed by atoms with van der Waals surface area (Å²) in [7, 11) is 1.40. The molecule has 2 aliphatic rings. The first-order chi connectivity index (χ1) is 23.2. The Morgan fingerprint density at radius 2 is 1.65 bits per heavy atom. The van der Waals surface area contributed by atoms with Crippen LogP contribution in [0.25, 0.3) is 0 Å². The molecule has 2 fully saturated rings. The van der Waals surface area contributed by atoms with Crippen LogP contribution in [0.3, 0.4) is 0 Å². The van der Waals surface area contributed by atoms with E-state index in [0.717, 1.165) is 11.1 Å². The van der Waals surface area contributed by atoms with Gasteiger partial charge in [0.05, 0.1) is 31.8 Å². The number of ether oxygens (including phenoxy) is 3. The normalized spacial score (nSPS) is 18.8. The van der Waals surface area contributed by atoms with E-state index in [1.807, 2.05) is 41.3 Å². The lowest BCUT2D eigenvalue weighted by atomic mass is 9.81. The molecule has 254 valence electrons. The Kier molecular flexibility index (Phi) is 10.1. The Balaban J connectivity index is 1.38. The number of fused-ring (bicyclic) bond motifs is 1. The first kappa shape index (κ1) is 33.2. The van der Waals surface area contributed by atoms with Gasteiger partial charge in [0.15, 0.2) is 6.61 Å². The highest BCUT2D eigenvalue weighted by Gasteiger charge is 2.44. The number of hydrogen-bond donors (Lipinski definition) is 1. The number of aromatic amines is 1. The van der Waals surface area contributed by atoms with E-state index in [1.165, 1.54) is 19.6 Å². The van der Waals surface area contributed by atoms with Gasteiger partial charge in [0.2, 0.25) is 11.8 Å². The molecule has 4 heterocycles. The molecule has 1 N–H and O–H groups in total. The molecule has 2 aromatic heterocycles. The van der Waals surface area contributed by atoms with E-state index in [4.69, 9.17) is 14.2 Å². The molecule has 4 aromatic rings. The maximum Gasteiger partial charge on any atom is 0.422 e. The number of methoxy groups -OCH3 is 1. The van der Waals surface area contributed by atoms with Gasteiger partial charge in [-0.1, -0.05) is 60.7 Å². The summed E-state index contributed by atoms with van der Waals surface area (Å²) < 4.78 is 56.2. The third-order valence-corrected chi connectivity index (χ3v) is 8.72. The smallest absolute Gasteiger partial charge is 0.422 e. The monoisotopic (exact) mass is 665 g/mol. The van der Waals surface area contributed by atoms with E-state index >= 15 is 0 Å². The number of aromatic nitrogens is 4. The van der Waals surface area contributed by atoms with Gasteiger partial charge in [0, 0.05) is 57.3 Å². The third-order valence-electron chi connectivity index (χ3n) is 8.72. The van der Waals surface area contributed by atoms with Crippen LogP contribution in [-0.4, -0.2) is 112 Å². The van der Waals surface area contributed by atoms with Crippen LogP contribution in [0, 0.1) is 0 Å². The highest BCUT2D eigenvalue weighted by Crippen LogP contribution is 2.38. The molecule has 0 saturated carbocycles. The number of nitrogens with one attached hydrogen (secondary N) is 1. The Morgan fingerprint density at radius 1 is 0.958 bits per heavy atom. The van der Waals surface area contributed by atoms with Crippen LogP contribution in [0.15, 0.2) is 73.2 Å². The van der Waals surface area contributed by atoms with Crippen molar-refractivity contribution < 1.29 is 32.2 Å². The van der Waals surface area contributed by atoms with Gasteiger partial charge >= 0.3 is 12.2 Å². The number of piperazine rings is 2. The van der Waals surface area contributed by atoms with Crippen molar-refractivity contribution in [3.05, 3.63) is 95.6 Å². The van der Waals surface area contributed by atoms with Crippen LogP contribution in [0.4, 0.5) is 13.2 Å². The zero-order chi connectivity index (χ0) is 33.7. The van der Waals surface area contributed by atoms with Crippen LogP contribution < -0.4 is 14.2 Å². The number of carbonyl (C=O) groups is 1. The van der Waals surface area contributed by atoms with E-state index < -0.39 is 12.8 Å². The van der Waals surface area contributed by atoms with Gasteiger partial charge in [-0.15, -0.1) is 0 Å². The number of hydrogen-bond acceptors (Lipinski definition) is 9. The molecule has 0 aliphatic carbocycles. The number of alkyl halides is 3. The fraction of sp³-hybridized carbons (Fsp3) is 0.412. The molecule has 6 rings (SSSR count). The predicted octanol–water partition coefficient (Wildman–Crippen LogP) is 4.39. The maximum absolute atomic E-state index is 13.4. The van der Waals surface area contributed by atoms with Gasteiger partial charge in [-0.05, 0) is 18.1 Å². The van der Waals surface area contributed by atoms with E-state index in [0.29, 0.717) is 38.4 Å². The second-order valence-corrected chi connectivity index (χ2v) is 11.8. The second kappa shape index (κ2) is 14.6. The Bertz CT molecular complexity index is 1600. The lowest BCUT2D eigenvalue weighted by Crippen LogP contribution is -2.67. The van der Waals surface area contributed by atoms with Gasteiger partial charge in [-0.25, -0.2) is 4.98 Å². The van der Waals surface area contributed by atoms with Gasteiger partial charge in [-0.2, -0.15) is 23.1 Å². The van der Waals surface area contributed by atoms with E-state index in [1.54, 1.807) is 6.92 Å². The Hall–Kier alpha value is -4.69. The predicted molar refractivity (Wildman–Crippen MR) is 170 cm³/mol. The molecule has 2 aromatic carbocycles. The van der Waals surface area contributed by atoms with Crippen LogP contribution in [0.1, 0.15) is 40.0 Å². The maximum atomic E-state index is 13.4. The second-order valence-electron chi connectivity index (χ2n) is 11.8. The number of carbonyl (C=O) groups excluding carboxylic acids is 1. The van der Waals surface area contributed by atoms with Gasteiger partial charge in [0.1, 0.15) is 5.69 Å². The number of halogens is 3. The number of imidazole rings is 1. The van der Waals surface area contributed by atoms with Gasteiger partial charge in [0.25, 0.3) is 5.91 Å². The van der Waals surface area contributed by atoms with E-state index in [-0.39, 0.29) is 60.4 Å². The van der Waals surface area contributed by atoms with Crippen molar-refractivity contribution in [2.24, 2.45) is 0 Å². The number of nitrogens with zero attached hydrogens (tertiary/aromatic N) is 6. The minimum absolute atomic E-state index is 0.0352. The molecule has 2 atom stereocenters. The summed E-state index contributed by atoms with van der Waals surface area (Å²) in [6.07, 6.45) is -1.58. The molecular formula is C34H38F3N7O4. The lowest BCUT2D eigenvalue weighted by molar-refractivity contribution is -0.154. The summed E-state index contributed by atoms with van der Waals surface area (Å²) in [5.74, 6) is -0.337. The average molecular weight is 666 g/mol.